The first kappa shape index (κ1) is 12.6. The van der Waals surface area contributed by atoms with Crippen molar-refractivity contribution in [3.05, 3.63) is 29.8 Å². The standard InChI is InChI=1S/C11H16BrFN2/c1-2-4-15(5-3-12)9-10-6-11(13)8-14-7-10/h6-8H,2-5,9H2,1H3. The Morgan fingerprint density at radius 2 is 2.20 bits per heavy atom. The summed E-state index contributed by atoms with van der Waals surface area (Å²) in [6.45, 7) is 4.92. The highest BCUT2D eigenvalue weighted by molar-refractivity contribution is 9.09. The van der Waals surface area contributed by atoms with Gasteiger partial charge in [-0.05, 0) is 24.6 Å². The Morgan fingerprint density at radius 3 is 2.80 bits per heavy atom. The van der Waals surface area contributed by atoms with E-state index in [1.807, 2.05) is 0 Å². The Labute approximate surface area is 98.6 Å². The molecule has 84 valence electrons. The average molecular weight is 275 g/mol. The molecule has 1 aromatic heterocycles. The van der Waals surface area contributed by atoms with E-state index in [1.54, 1.807) is 12.3 Å². The fraction of sp³-hybridized carbons (Fsp3) is 0.545. The Kier molecular flexibility index (Phi) is 5.79. The van der Waals surface area contributed by atoms with Crippen LogP contribution in [0.4, 0.5) is 4.39 Å². The predicted octanol–water partition coefficient (Wildman–Crippen LogP) is 2.83. The number of aromatic nitrogens is 1. The Hall–Kier alpha value is -0.480. The van der Waals surface area contributed by atoms with Crippen LogP contribution in [0.25, 0.3) is 0 Å². The molecule has 0 unspecified atom stereocenters. The van der Waals surface area contributed by atoms with Gasteiger partial charge in [0.2, 0.25) is 0 Å². The third kappa shape index (κ3) is 4.71. The van der Waals surface area contributed by atoms with E-state index >= 15 is 0 Å². The molecule has 15 heavy (non-hydrogen) atoms. The Balaban J connectivity index is 2.56. The molecule has 4 heteroatoms. The zero-order valence-electron chi connectivity index (χ0n) is 8.92. The average Bonchev–Trinajstić information content (AvgIpc) is 2.18. The normalized spacial score (nSPS) is 10.9. The minimum atomic E-state index is -0.261. The van der Waals surface area contributed by atoms with Gasteiger partial charge in [-0.15, -0.1) is 0 Å². The zero-order valence-corrected chi connectivity index (χ0v) is 10.5. The second-order valence-corrected chi connectivity index (χ2v) is 4.27. The molecule has 0 fully saturated rings. The topological polar surface area (TPSA) is 16.1 Å². The van der Waals surface area contributed by atoms with Crippen LogP contribution in [-0.4, -0.2) is 28.3 Å². The van der Waals surface area contributed by atoms with Crippen LogP contribution in [0.3, 0.4) is 0 Å². The summed E-state index contributed by atoms with van der Waals surface area (Å²) in [5.74, 6) is -0.261. The summed E-state index contributed by atoms with van der Waals surface area (Å²) in [6.07, 6.45) is 4.06. The van der Waals surface area contributed by atoms with Crippen LogP contribution in [-0.2, 0) is 6.54 Å². The van der Waals surface area contributed by atoms with Crippen LogP contribution in [0.15, 0.2) is 18.5 Å². The number of hydrogen-bond acceptors (Lipinski definition) is 2. The lowest BCUT2D eigenvalue weighted by molar-refractivity contribution is 0.283. The highest BCUT2D eigenvalue weighted by Gasteiger charge is 2.04. The predicted molar refractivity (Wildman–Crippen MR) is 63.6 cm³/mol. The SMILES string of the molecule is CCCN(CCBr)Cc1cncc(F)c1. The van der Waals surface area contributed by atoms with Crippen molar-refractivity contribution in [1.29, 1.82) is 0 Å². The monoisotopic (exact) mass is 274 g/mol. The number of halogens is 2. The van der Waals surface area contributed by atoms with Gasteiger partial charge in [-0.25, -0.2) is 4.39 Å². The molecule has 1 aromatic rings. The van der Waals surface area contributed by atoms with Gasteiger partial charge in [0, 0.05) is 24.6 Å². The van der Waals surface area contributed by atoms with Crippen LogP contribution < -0.4 is 0 Å². The van der Waals surface area contributed by atoms with Gasteiger partial charge in [0.1, 0.15) is 5.82 Å². The van der Waals surface area contributed by atoms with Gasteiger partial charge in [-0.1, -0.05) is 22.9 Å². The molecular weight excluding hydrogens is 259 g/mol. The highest BCUT2D eigenvalue weighted by atomic mass is 79.9. The lowest BCUT2D eigenvalue weighted by atomic mass is 10.2. The van der Waals surface area contributed by atoms with Crippen molar-refractivity contribution >= 4 is 15.9 Å². The maximum Gasteiger partial charge on any atom is 0.141 e. The van der Waals surface area contributed by atoms with E-state index in [0.717, 1.165) is 36.9 Å². The van der Waals surface area contributed by atoms with Crippen LogP contribution in [0.2, 0.25) is 0 Å². The van der Waals surface area contributed by atoms with Crippen LogP contribution in [0.5, 0.6) is 0 Å². The lowest BCUT2D eigenvalue weighted by Crippen LogP contribution is -2.26. The molecule has 1 rings (SSSR count). The fourth-order valence-electron chi connectivity index (χ4n) is 1.51. The second kappa shape index (κ2) is 6.90. The first-order valence-electron chi connectivity index (χ1n) is 5.14. The third-order valence-electron chi connectivity index (χ3n) is 2.11. The van der Waals surface area contributed by atoms with Gasteiger partial charge >= 0.3 is 0 Å². The van der Waals surface area contributed by atoms with E-state index in [9.17, 15) is 4.39 Å². The minimum Gasteiger partial charge on any atom is -0.298 e. The quantitative estimate of drug-likeness (QED) is 0.742. The molecule has 0 saturated heterocycles. The fourth-order valence-corrected chi connectivity index (χ4v) is 2.01. The first-order chi connectivity index (χ1) is 7.26. The van der Waals surface area contributed by atoms with Crippen molar-refractivity contribution in [2.45, 2.75) is 19.9 Å². The van der Waals surface area contributed by atoms with Crippen molar-refractivity contribution < 1.29 is 4.39 Å². The number of alkyl halides is 1. The smallest absolute Gasteiger partial charge is 0.141 e. The van der Waals surface area contributed by atoms with E-state index in [1.165, 1.54) is 6.20 Å². The van der Waals surface area contributed by atoms with Crippen molar-refractivity contribution in [2.24, 2.45) is 0 Å². The van der Waals surface area contributed by atoms with Gasteiger partial charge in [-0.2, -0.15) is 0 Å². The molecule has 0 atom stereocenters. The lowest BCUT2D eigenvalue weighted by Gasteiger charge is -2.20. The molecule has 0 aliphatic heterocycles. The van der Waals surface area contributed by atoms with E-state index in [4.69, 9.17) is 0 Å². The minimum absolute atomic E-state index is 0.261. The molecule has 0 bridgehead atoms. The van der Waals surface area contributed by atoms with E-state index in [2.05, 4.69) is 32.7 Å². The van der Waals surface area contributed by atoms with E-state index in [-0.39, 0.29) is 5.82 Å². The molecule has 0 spiro atoms. The number of hydrogen-bond donors (Lipinski definition) is 0. The second-order valence-electron chi connectivity index (χ2n) is 3.48. The van der Waals surface area contributed by atoms with Gasteiger partial charge in [0.15, 0.2) is 0 Å². The summed E-state index contributed by atoms with van der Waals surface area (Å²) < 4.78 is 12.9. The van der Waals surface area contributed by atoms with Gasteiger partial charge in [0.25, 0.3) is 0 Å². The molecule has 0 saturated carbocycles. The highest BCUT2D eigenvalue weighted by Crippen LogP contribution is 2.06. The maximum absolute atomic E-state index is 12.9. The van der Waals surface area contributed by atoms with Crippen molar-refractivity contribution in [2.75, 3.05) is 18.4 Å². The largest absolute Gasteiger partial charge is 0.298 e. The van der Waals surface area contributed by atoms with Gasteiger partial charge < -0.3 is 0 Å². The van der Waals surface area contributed by atoms with Crippen molar-refractivity contribution in [1.82, 2.24) is 9.88 Å². The number of pyridine rings is 1. The maximum atomic E-state index is 12.9. The van der Waals surface area contributed by atoms with E-state index < -0.39 is 0 Å². The van der Waals surface area contributed by atoms with E-state index in [0.29, 0.717) is 0 Å². The third-order valence-corrected chi connectivity index (χ3v) is 2.46. The molecule has 0 aliphatic rings. The summed E-state index contributed by atoms with van der Waals surface area (Å²) in [6, 6.07) is 1.55. The zero-order chi connectivity index (χ0) is 11.1. The molecule has 0 radical (unpaired) electrons. The number of nitrogens with zero attached hydrogens (tertiary/aromatic N) is 2. The van der Waals surface area contributed by atoms with Crippen molar-refractivity contribution in [3.8, 4) is 0 Å². The van der Waals surface area contributed by atoms with Gasteiger partial charge in [0.05, 0.1) is 6.20 Å². The summed E-state index contributed by atoms with van der Waals surface area (Å²) in [4.78, 5) is 6.13. The van der Waals surface area contributed by atoms with Crippen LogP contribution in [0.1, 0.15) is 18.9 Å². The summed E-state index contributed by atoms with van der Waals surface area (Å²) in [7, 11) is 0. The Bertz CT molecular complexity index is 288. The first-order valence-corrected chi connectivity index (χ1v) is 6.26. The van der Waals surface area contributed by atoms with Crippen LogP contribution in [0, 0.1) is 5.82 Å². The summed E-state index contributed by atoms with van der Waals surface area (Å²) in [5.41, 5.74) is 0.935. The van der Waals surface area contributed by atoms with Crippen molar-refractivity contribution in [3.63, 3.8) is 0 Å². The molecule has 0 amide bonds. The summed E-state index contributed by atoms with van der Waals surface area (Å²) in [5, 5.41) is 0.940. The molecule has 0 N–H and O–H groups in total. The van der Waals surface area contributed by atoms with Gasteiger partial charge in [-0.3, -0.25) is 9.88 Å². The molecule has 0 aliphatic carbocycles. The molecular formula is C11H16BrFN2. The molecule has 2 nitrogen and oxygen atoms in total. The molecule has 1 heterocycles. The Morgan fingerprint density at radius 1 is 1.40 bits per heavy atom. The van der Waals surface area contributed by atoms with Crippen LogP contribution >= 0.6 is 15.9 Å². The summed E-state index contributed by atoms with van der Waals surface area (Å²) >= 11 is 3.42. The molecule has 0 aromatic carbocycles. The number of rotatable bonds is 6.